The largest absolute Gasteiger partial charge is 0.0654 e. The molecular formula is C15H17. The fraction of sp³-hybridized carbons (Fsp3) is 0.267. The maximum absolute atomic E-state index is 2.38. The number of hydrogen-bond acceptors (Lipinski definition) is 0. The van der Waals surface area contributed by atoms with E-state index >= 15 is 0 Å². The van der Waals surface area contributed by atoms with Gasteiger partial charge in [-0.2, -0.15) is 0 Å². The molecule has 0 saturated carbocycles. The Labute approximate surface area is 91.9 Å². The Balaban J connectivity index is 2.26. The lowest BCUT2D eigenvalue weighted by Crippen LogP contribution is -1.88. The molecule has 0 N–H and O–H groups in total. The van der Waals surface area contributed by atoms with E-state index in [-0.39, 0.29) is 0 Å². The van der Waals surface area contributed by atoms with Gasteiger partial charge in [0, 0.05) is 0 Å². The van der Waals surface area contributed by atoms with Crippen molar-refractivity contribution >= 4 is 10.8 Å². The molecule has 0 aliphatic carbocycles. The van der Waals surface area contributed by atoms with Crippen LogP contribution in [0.1, 0.15) is 25.3 Å². The van der Waals surface area contributed by atoms with E-state index in [0.717, 1.165) is 6.42 Å². The highest BCUT2D eigenvalue weighted by Gasteiger charge is 1.99. The van der Waals surface area contributed by atoms with Crippen molar-refractivity contribution in [2.24, 2.45) is 0 Å². The molecule has 0 nitrogen and oxygen atoms in total. The molecule has 2 rings (SSSR count). The summed E-state index contributed by atoms with van der Waals surface area (Å²) < 4.78 is 0. The summed E-state index contributed by atoms with van der Waals surface area (Å²) in [5.74, 6) is 0. The average Bonchev–Trinajstić information content (AvgIpc) is 2.30. The number of hydrogen-bond donors (Lipinski definition) is 0. The first kappa shape index (κ1) is 10.2. The van der Waals surface area contributed by atoms with E-state index in [2.05, 4.69) is 55.8 Å². The van der Waals surface area contributed by atoms with Gasteiger partial charge in [-0.05, 0) is 29.2 Å². The SMILES string of the molecule is CCC[CH]Cc1cccc2ccccc12. The van der Waals surface area contributed by atoms with Gasteiger partial charge in [-0.3, -0.25) is 0 Å². The third-order valence-corrected chi connectivity index (χ3v) is 2.74. The lowest BCUT2D eigenvalue weighted by Gasteiger charge is -2.05. The van der Waals surface area contributed by atoms with Gasteiger partial charge in [-0.1, -0.05) is 62.2 Å². The van der Waals surface area contributed by atoms with Crippen molar-refractivity contribution < 1.29 is 0 Å². The number of benzene rings is 2. The monoisotopic (exact) mass is 197 g/mol. The summed E-state index contributed by atoms with van der Waals surface area (Å²) in [5, 5.41) is 2.74. The third kappa shape index (κ3) is 2.38. The van der Waals surface area contributed by atoms with E-state index in [1.54, 1.807) is 0 Å². The predicted molar refractivity (Wildman–Crippen MR) is 66.9 cm³/mol. The van der Waals surface area contributed by atoms with Gasteiger partial charge in [0.25, 0.3) is 0 Å². The average molecular weight is 197 g/mol. The molecule has 1 radical (unpaired) electrons. The van der Waals surface area contributed by atoms with Gasteiger partial charge in [-0.15, -0.1) is 0 Å². The van der Waals surface area contributed by atoms with Crippen LogP contribution in [0.3, 0.4) is 0 Å². The zero-order valence-electron chi connectivity index (χ0n) is 9.24. The number of rotatable bonds is 4. The van der Waals surface area contributed by atoms with E-state index in [9.17, 15) is 0 Å². The van der Waals surface area contributed by atoms with Crippen molar-refractivity contribution in [2.45, 2.75) is 26.2 Å². The van der Waals surface area contributed by atoms with Gasteiger partial charge < -0.3 is 0 Å². The topological polar surface area (TPSA) is 0 Å². The summed E-state index contributed by atoms with van der Waals surface area (Å²) >= 11 is 0. The van der Waals surface area contributed by atoms with Crippen molar-refractivity contribution in [1.29, 1.82) is 0 Å². The van der Waals surface area contributed by atoms with Crippen LogP contribution in [0.2, 0.25) is 0 Å². The maximum atomic E-state index is 2.38. The second-order valence-electron chi connectivity index (χ2n) is 3.92. The highest BCUT2D eigenvalue weighted by Crippen LogP contribution is 2.19. The van der Waals surface area contributed by atoms with Crippen molar-refractivity contribution in [3.05, 3.63) is 54.4 Å². The van der Waals surface area contributed by atoms with Crippen LogP contribution in [0.25, 0.3) is 10.8 Å². The lowest BCUT2D eigenvalue weighted by atomic mass is 10.00. The van der Waals surface area contributed by atoms with Gasteiger partial charge >= 0.3 is 0 Å². The molecule has 0 fully saturated rings. The highest BCUT2D eigenvalue weighted by molar-refractivity contribution is 5.85. The first-order valence-electron chi connectivity index (χ1n) is 5.70. The van der Waals surface area contributed by atoms with Gasteiger partial charge in [0.1, 0.15) is 0 Å². The van der Waals surface area contributed by atoms with E-state index in [1.165, 1.54) is 29.2 Å². The Hall–Kier alpha value is -1.30. The molecule has 0 unspecified atom stereocenters. The molecule has 0 amide bonds. The molecule has 0 atom stereocenters. The van der Waals surface area contributed by atoms with Crippen molar-refractivity contribution in [3.8, 4) is 0 Å². The van der Waals surface area contributed by atoms with Crippen molar-refractivity contribution in [2.75, 3.05) is 0 Å². The van der Waals surface area contributed by atoms with E-state index in [0.29, 0.717) is 0 Å². The summed E-state index contributed by atoms with van der Waals surface area (Å²) in [6.07, 6.45) is 5.92. The fourth-order valence-corrected chi connectivity index (χ4v) is 1.93. The summed E-state index contributed by atoms with van der Waals surface area (Å²) in [6.45, 7) is 2.22. The quantitative estimate of drug-likeness (QED) is 0.638. The van der Waals surface area contributed by atoms with Crippen LogP contribution in [0.15, 0.2) is 42.5 Å². The molecule has 0 heterocycles. The Morgan fingerprint density at radius 1 is 1.00 bits per heavy atom. The maximum Gasteiger partial charge on any atom is -0.0152 e. The summed E-state index contributed by atoms with van der Waals surface area (Å²) in [4.78, 5) is 0. The van der Waals surface area contributed by atoms with Crippen LogP contribution in [-0.2, 0) is 6.42 Å². The molecule has 2 aromatic rings. The standard InChI is InChI=1S/C15H17/c1-2-3-4-8-13-10-7-11-14-9-5-6-12-15(13)14/h4-7,9-12H,2-3,8H2,1H3. The highest BCUT2D eigenvalue weighted by atomic mass is 14.0. The van der Waals surface area contributed by atoms with Crippen LogP contribution in [0.5, 0.6) is 0 Å². The molecule has 0 heteroatoms. The Bertz CT molecular complexity index is 423. The smallest absolute Gasteiger partial charge is 0.0152 e. The molecule has 0 bridgehead atoms. The molecule has 77 valence electrons. The van der Waals surface area contributed by atoms with Crippen LogP contribution >= 0.6 is 0 Å². The molecule has 0 aliphatic heterocycles. The van der Waals surface area contributed by atoms with Crippen LogP contribution in [0, 0.1) is 6.42 Å². The normalized spacial score (nSPS) is 10.7. The van der Waals surface area contributed by atoms with Crippen LogP contribution < -0.4 is 0 Å². The minimum atomic E-state index is 1.09. The molecular weight excluding hydrogens is 180 g/mol. The Morgan fingerprint density at radius 2 is 1.80 bits per heavy atom. The molecule has 0 aromatic heterocycles. The second kappa shape index (κ2) is 4.97. The summed E-state index contributed by atoms with van der Waals surface area (Å²) in [6, 6.07) is 15.2. The van der Waals surface area contributed by atoms with Crippen molar-refractivity contribution in [1.82, 2.24) is 0 Å². The van der Waals surface area contributed by atoms with Gasteiger partial charge in [-0.25, -0.2) is 0 Å². The fourth-order valence-electron chi connectivity index (χ4n) is 1.93. The summed E-state index contributed by atoms with van der Waals surface area (Å²) in [7, 11) is 0. The second-order valence-corrected chi connectivity index (χ2v) is 3.92. The van der Waals surface area contributed by atoms with Crippen LogP contribution in [0.4, 0.5) is 0 Å². The zero-order valence-corrected chi connectivity index (χ0v) is 9.24. The minimum absolute atomic E-state index is 1.09. The number of unbranched alkanes of at least 4 members (excludes halogenated alkanes) is 2. The molecule has 0 aliphatic rings. The Kier molecular flexibility index (Phi) is 3.39. The first-order valence-corrected chi connectivity index (χ1v) is 5.70. The molecule has 0 spiro atoms. The number of fused-ring (bicyclic) bond motifs is 1. The molecule has 15 heavy (non-hydrogen) atoms. The summed E-state index contributed by atoms with van der Waals surface area (Å²) in [5.41, 5.74) is 1.45. The molecule has 2 aromatic carbocycles. The van der Waals surface area contributed by atoms with E-state index in [1.807, 2.05) is 0 Å². The third-order valence-electron chi connectivity index (χ3n) is 2.74. The minimum Gasteiger partial charge on any atom is -0.0654 e. The van der Waals surface area contributed by atoms with Crippen LogP contribution in [-0.4, -0.2) is 0 Å². The van der Waals surface area contributed by atoms with E-state index < -0.39 is 0 Å². The predicted octanol–water partition coefficient (Wildman–Crippen LogP) is 4.39. The lowest BCUT2D eigenvalue weighted by molar-refractivity contribution is 0.866. The molecule has 0 saturated heterocycles. The van der Waals surface area contributed by atoms with Gasteiger partial charge in [0.05, 0.1) is 0 Å². The van der Waals surface area contributed by atoms with Gasteiger partial charge in [0.15, 0.2) is 0 Å². The Morgan fingerprint density at radius 3 is 2.67 bits per heavy atom. The van der Waals surface area contributed by atoms with E-state index in [4.69, 9.17) is 0 Å². The first-order chi connectivity index (χ1) is 7.42. The van der Waals surface area contributed by atoms with Crippen molar-refractivity contribution in [3.63, 3.8) is 0 Å². The van der Waals surface area contributed by atoms with Gasteiger partial charge in [0.2, 0.25) is 0 Å². The zero-order chi connectivity index (χ0) is 10.5.